The summed E-state index contributed by atoms with van der Waals surface area (Å²) in [6.45, 7) is 0. The van der Waals surface area contributed by atoms with Gasteiger partial charge in [0.1, 0.15) is 0 Å². The standard InChI is InChI=1S/C3H8O2S3/c1-6-7-2-3-8(4)5/h2-3H2,1H3,(H,4,5)/p-1. The second-order valence-electron chi connectivity index (χ2n) is 0.997. The van der Waals surface area contributed by atoms with Gasteiger partial charge in [-0.2, -0.15) is 0 Å². The Labute approximate surface area is 59.5 Å². The molecule has 0 bridgehead atoms. The van der Waals surface area contributed by atoms with Crippen molar-refractivity contribution in [3.63, 3.8) is 0 Å². The minimum absolute atomic E-state index is 0.269. The average Bonchev–Trinajstić information content (AvgIpc) is 1.66. The van der Waals surface area contributed by atoms with Gasteiger partial charge in [-0.3, -0.25) is 4.21 Å². The summed E-state index contributed by atoms with van der Waals surface area (Å²) in [6, 6.07) is 0. The van der Waals surface area contributed by atoms with Crippen LogP contribution in [0.5, 0.6) is 0 Å². The first-order valence-corrected chi connectivity index (χ1v) is 5.96. The van der Waals surface area contributed by atoms with Crippen molar-refractivity contribution in [2.24, 2.45) is 0 Å². The second kappa shape index (κ2) is 5.94. The molecule has 0 aromatic carbocycles. The van der Waals surface area contributed by atoms with E-state index >= 15 is 0 Å². The van der Waals surface area contributed by atoms with E-state index in [-0.39, 0.29) is 5.75 Å². The minimum Gasteiger partial charge on any atom is -0.772 e. The SMILES string of the molecule is CSSCCS(=O)[O-]. The molecule has 8 heavy (non-hydrogen) atoms. The lowest BCUT2D eigenvalue weighted by Crippen LogP contribution is -1.96. The Balaban J connectivity index is 2.82. The molecule has 1 unspecified atom stereocenters. The van der Waals surface area contributed by atoms with Crippen molar-refractivity contribution in [3.05, 3.63) is 0 Å². The molecule has 0 saturated heterocycles. The van der Waals surface area contributed by atoms with Crippen molar-refractivity contribution in [2.75, 3.05) is 17.8 Å². The third-order valence-corrected chi connectivity index (χ3v) is 3.06. The van der Waals surface area contributed by atoms with Crippen LogP contribution in [0.3, 0.4) is 0 Å². The topological polar surface area (TPSA) is 40.1 Å². The highest BCUT2D eigenvalue weighted by Gasteiger charge is 1.83. The normalized spacial score (nSPS) is 13.8. The number of rotatable bonds is 4. The maximum Gasteiger partial charge on any atom is 0.0201 e. The second-order valence-corrected chi connectivity index (χ2v) is 4.70. The van der Waals surface area contributed by atoms with E-state index in [1.807, 2.05) is 6.26 Å². The fourth-order valence-electron chi connectivity index (χ4n) is 0.185. The average molecular weight is 171 g/mol. The molecule has 0 aromatic rings. The maximum absolute atomic E-state index is 9.85. The summed E-state index contributed by atoms with van der Waals surface area (Å²) in [5, 5.41) is 0. The highest BCUT2D eigenvalue weighted by molar-refractivity contribution is 8.76. The zero-order valence-electron chi connectivity index (χ0n) is 4.46. The van der Waals surface area contributed by atoms with Gasteiger partial charge in [0.05, 0.1) is 0 Å². The molecule has 0 amide bonds. The Kier molecular flexibility index (Phi) is 6.54. The van der Waals surface area contributed by atoms with Crippen molar-refractivity contribution in [1.82, 2.24) is 0 Å². The molecule has 0 aromatic heterocycles. The van der Waals surface area contributed by atoms with Crippen LogP contribution < -0.4 is 0 Å². The van der Waals surface area contributed by atoms with Gasteiger partial charge in [-0.15, -0.1) is 0 Å². The monoisotopic (exact) mass is 171 g/mol. The van der Waals surface area contributed by atoms with E-state index in [0.717, 1.165) is 0 Å². The molecule has 0 heterocycles. The van der Waals surface area contributed by atoms with Crippen LogP contribution in [0, 0.1) is 0 Å². The van der Waals surface area contributed by atoms with Crippen molar-refractivity contribution < 1.29 is 8.76 Å². The predicted octanol–water partition coefficient (Wildman–Crippen LogP) is 0.877. The molecule has 1 atom stereocenters. The molecule has 0 aliphatic heterocycles. The Morgan fingerprint density at radius 2 is 2.38 bits per heavy atom. The van der Waals surface area contributed by atoms with Gasteiger partial charge < -0.3 is 4.55 Å². The summed E-state index contributed by atoms with van der Waals surface area (Å²) in [5.74, 6) is 0.961. The first kappa shape index (κ1) is 8.81. The number of hydrogen-bond donors (Lipinski definition) is 0. The van der Waals surface area contributed by atoms with Crippen molar-refractivity contribution in [3.8, 4) is 0 Å². The van der Waals surface area contributed by atoms with E-state index in [4.69, 9.17) is 0 Å². The molecule has 0 rings (SSSR count). The van der Waals surface area contributed by atoms with Crippen LogP contribution in [0.4, 0.5) is 0 Å². The van der Waals surface area contributed by atoms with Crippen LogP contribution in [0.15, 0.2) is 0 Å². The van der Waals surface area contributed by atoms with Crippen molar-refractivity contribution in [2.45, 2.75) is 0 Å². The summed E-state index contributed by atoms with van der Waals surface area (Å²) in [7, 11) is 3.15. The zero-order valence-corrected chi connectivity index (χ0v) is 6.90. The van der Waals surface area contributed by atoms with Gasteiger partial charge in [0.15, 0.2) is 0 Å². The lowest BCUT2D eigenvalue weighted by atomic mass is 11.0. The first-order chi connectivity index (χ1) is 3.77. The quantitative estimate of drug-likeness (QED) is 0.357. The van der Waals surface area contributed by atoms with Crippen LogP contribution in [-0.4, -0.2) is 26.5 Å². The van der Waals surface area contributed by atoms with E-state index in [1.165, 1.54) is 0 Å². The summed E-state index contributed by atoms with van der Waals surface area (Å²) in [4.78, 5) is 0. The molecular weight excluding hydrogens is 164 g/mol. The van der Waals surface area contributed by atoms with Crippen molar-refractivity contribution >= 4 is 32.7 Å². The maximum atomic E-state index is 9.85. The molecular formula is C3H7O2S3-. The Morgan fingerprint density at radius 3 is 2.75 bits per heavy atom. The highest BCUT2D eigenvalue weighted by atomic mass is 33.1. The van der Waals surface area contributed by atoms with Gasteiger partial charge >= 0.3 is 0 Å². The van der Waals surface area contributed by atoms with Gasteiger partial charge in [-0.1, -0.05) is 32.7 Å². The molecule has 50 valence electrons. The Bertz CT molecular complexity index is 74.9. The van der Waals surface area contributed by atoms with Crippen LogP contribution in [0.1, 0.15) is 0 Å². The predicted molar refractivity (Wildman–Crippen MR) is 39.8 cm³/mol. The van der Waals surface area contributed by atoms with Gasteiger partial charge in [-0.25, -0.2) is 0 Å². The molecule has 0 N–H and O–H groups in total. The summed E-state index contributed by atoms with van der Waals surface area (Å²) in [5.41, 5.74) is 0. The fraction of sp³-hybridized carbons (Fsp3) is 1.00. The molecule has 0 fully saturated rings. The molecule has 0 saturated carbocycles. The molecule has 5 heteroatoms. The summed E-state index contributed by atoms with van der Waals surface area (Å²) < 4.78 is 19.7. The molecule has 0 aliphatic rings. The van der Waals surface area contributed by atoms with Crippen LogP contribution in [-0.2, 0) is 11.1 Å². The van der Waals surface area contributed by atoms with Crippen molar-refractivity contribution in [1.29, 1.82) is 0 Å². The van der Waals surface area contributed by atoms with Gasteiger partial charge in [0.25, 0.3) is 0 Å². The van der Waals surface area contributed by atoms with Crippen LogP contribution >= 0.6 is 21.6 Å². The van der Waals surface area contributed by atoms with E-state index in [0.29, 0.717) is 5.75 Å². The van der Waals surface area contributed by atoms with E-state index in [2.05, 4.69) is 0 Å². The summed E-state index contributed by atoms with van der Waals surface area (Å²) in [6.07, 6.45) is 1.93. The van der Waals surface area contributed by atoms with Gasteiger partial charge in [0, 0.05) is 11.5 Å². The minimum atomic E-state index is -1.85. The molecule has 0 spiro atoms. The summed E-state index contributed by atoms with van der Waals surface area (Å²) >= 11 is -1.85. The van der Waals surface area contributed by atoms with Crippen LogP contribution in [0.2, 0.25) is 0 Å². The number of hydrogen-bond acceptors (Lipinski definition) is 4. The van der Waals surface area contributed by atoms with E-state index in [9.17, 15) is 8.76 Å². The smallest absolute Gasteiger partial charge is 0.0201 e. The van der Waals surface area contributed by atoms with E-state index in [1.54, 1.807) is 21.6 Å². The largest absolute Gasteiger partial charge is 0.772 e. The van der Waals surface area contributed by atoms with Gasteiger partial charge in [0.2, 0.25) is 0 Å². The fourth-order valence-corrected chi connectivity index (χ4v) is 2.28. The van der Waals surface area contributed by atoms with Crippen LogP contribution in [0.25, 0.3) is 0 Å². The lowest BCUT2D eigenvalue weighted by molar-refractivity contribution is 0.539. The molecule has 0 aliphatic carbocycles. The Morgan fingerprint density at radius 1 is 1.75 bits per heavy atom. The zero-order chi connectivity index (χ0) is 6.41. The van der Waals surface area contributed by atoms with E-state index < -0.39 is 11.1 Å². The van der Waals surface area contributed by atoms with Gasteiger partial charge in [-0.05, 0) is 6.26 Å². The molecule has 0 radical (unpaired) electrons. The molecule has 2 nitrogen and oxygen atoms in total. The Hall–Kier alpha value is 0.810. The first-order valence-electron chi connectivity index (χ1n) is 1.99. The third kappa shape index (κ3) is 6.81. The third-order valence-electron chi connectivity index (χ3n) is 0.451. The lowest BCUT2D eigenvalue weighted by Gasteiger charge is -2.00. The highest BCUT2D eigenvalue weighted by Crippen LogP contribution is 2.15.